The maximum atomic E-state index is 13.3. The molecule has 11 heteroatoms. The van der Waals surface area contributed by atoms with E-state index in [2.05, 4.69) is 27.4 Å². The maximum absolute atomic E-state index is 13.3. The molecule has 0 aliphatic carbocycles. The SMILES string of the molecule is COc1cc(S(C)(=O)=O)ccc1NCC#Cc1cc(N(C)CC2CCNCC2)c2ccn(CC(F)(F)F)c2c1. The van der Waals surface area contributed by atoms with Crippen LogP contribution in [0.1, 0.15) is 18.4 Å². The average Bonchev–Trinajstić information content (AvgIpc) is 3.27. The summed E-state index contributed by atoms with van der Waals surface area (Å²) in [4.78, 5) is 2.26. The first-order valence-electron chi connectivity index (χ1n) is 12.7. The molecule has 7 nitrogen and oxygen atoms in total. The molecule has 1 fully saturated rings. The fourth-order valence-corrected chi connectivity index (χ4v) is 5.52. The molecule has 210 valence electrons. The molecule has 2 heterocycles. The second kappa shape index (κ2) is 11.8. The standard InChI is InChI=1S/C28H33F3N4O3S/c1-34(18-20-8-12-32-13-9-20)25-15-21(16-26-23(25)10-14-35(26)19-28(29,30)31)5-4-11-33-24-7-6-22(39(3,36)37)17-27(24)38-2/h6-7,10,14-17,20,32-33H,8-9,11-13,18-19H2,1-3H3. The van der Waals surface area contributed by atoms with Gasteiger partial charge in [-0.15, -0.1) is 0 Å². The van der Waals surface area contributed by atoms with Gasteiger partial charge in [-0.3, -0.25) is 0 Å². The minimum absolute atomic E-state index is 0.146. The minimum Gasteiger partial charge on any atom is -0.495 e. The minimum atomic E-state index is -4.34. The topological polar surface area (TPSA) is 75.6 Å². The van der Waals surface area contributed by atoms with Crippen LogP contribution < -0.4 is 20.3 Å². The van der Waals surface area contributed by atoms with E-state index in [1.807, 2.05) is 13.1 Å². The first kappa shape index (κ1) is 28.6. The van der Waals surface area contributed by atoms with E-state index in [0.29, 0.717) is 28.4 Å². The lowest BCUT2D eigenvalue weighted by Crippen LogP contribution is -2.34. The molecule has 0 atom stereocenters. The van der Waals surface area contributed by atoms with E-state index < -0.39 is 22.6 Å². The lowest BCUT2D eigenvalue weighted by molar-refractivity contribution is -0.139. The number of alkyl halides is 3. The molecule has 0 bridgehead atoms. The number of ether oxygens (including phenoxy) is 1. The summed E-state index contributed by atoms with van der Waals surface area (Å²) < 4.78 is 70.0. The van der Waals surface area contributed by atoms with Gasteiger partial charge in [-0.2, -0.15) is 13.2 Å². The zero-order valence-corrected chi connectivity index (χ0v) is 23.0. The van der Waals surface area contributed by atoms with E-state index in [-0.39, 0.29) is 11.4 Å². The number of fused-ring (bicyclic) bond motifs is 1. The lowest BCUT2D eigenvalue weighted by Gasteiger charge is -2.29. The third-order valence-electron chi connectivity index (χ3n) is 6.82. The van der Waals surface area contributed by atoms with E-state index in [0.717, 1.165) is 49.8 Å². The Morgan fingerprint density at radius 1 is 1.18 bits per heavy atom. The van der Waals surface area contributed by atoms with E-state index in [4.69, 9.17) is 4.74 Å². The van der Waals surface area contributed by atoms with Crippen LogP contribution in [0.25, 0.3) is 10.9 Å². The third kappa shape index (κ3) is 7.40. The number of nitrogens with one attached hydrogen (secondary N) is 2. The van der Waals surface area contributed by atoms with Crippen LogP contribution in [0.4, 0.5) is 24.5 Å². The number of methoxy groups -OCH3 is 1. The van der Waals surface area contributed by atoms with Crippen LogP contribution >= 0.6 is 0 Å². The zero-order chi connectivity index (χ0) is 28.2. The molecule has 2 aromatic carbocycles. The van der Waals surface area contributed by atoms with Crippen molar-refractivity contribution in [1.29, 1.82) is 0 Å². The highest BCUT2D eigenvalue weighted by Gasteiger charge is 2.29. The lowest BCUT2D eigenvalue weighted by atomic mass is 9.97. The summed E-state index contributed by atoms with van der Waals surface area (Å²) in [5.74, 6) is 6.98. The molecule has 0 amide bonds. The normalized spacial score (nSPS) is 14.6. The van der Waals surface area contributed by atoms with Gasteiger partial charge in [0.1, 0.15) is 12.3 Å². The molecule has 0 saturated carbocycles. The number of aromatic nitrogens is 1. The van der Waals surface area contributed by atoms with E-state index in [9.17, 15) is 21.6 Å². The molecule has 0 radical (unpaired) electrons. The Labute approximate surface area is 227 Å². The molecule has 1 aliphatic heterocycles. The van der Waals surface area contributed by atoms with Crippen molar-refractivity contribution in [1.82, 2.24) is 9.88 Å². The third-order valence-corrected chi connectivity index (χ3v) is 7.93. The van der Waals surface area contributed by atoms with Gasteiger partial charge in [0, 0.05) is 48.7 Å². The molecular formula is C28H33F3N4O3S. The molecule has 0 spiro atoms. The molecule has 3 aromatic rings. The van der Waals surface area contributed by atoms with Gasteiger partial charge in [0.15, 0.2) is 9.84 Å². The van der Waals surface area contributed by atoms with E-state index in [1.54, 1.807) is 18.2 Å². The Bertz CT molecular complexity index is 1480. The van der Waals surface area contributed by atoms with Gasteiger partial charge >= 0.3 is 6.18 Å². The number of sulfone groups is 1. The number of nitrogens with zero attached hydrogens (tertiary/aromatic N) is 2. The predicted octanol–water partition coefficient (Wildman–Crippen LogP) is 4.52. The Morgan fingerprint density at radius 2 is 1.92 bits per heavy atom. The zero-order valence-electron chi connectivity index (χ0n) is 22.2. The second-order valence-corrected chi connectivity index (χ2v) is 11.9. The Kier molecular flexibility index (Phi) is 8.67. The quantitative estimate of drug-likeness (QED) is 0.394. The first-order valence-corrected chi connectivity index (χ1v) is 14.6. The maximum Gasteiger partial charge on any atom is 0.406 e. The van der Waals surface area contributed by atoms with Gasteiger partial charge in [-0.1, -0.05) is 11.8 Å². The highest BCUT2D eigenvalue weighted by molar-refractivity contribution is 7.90. The fourth-order valence-electron chi connectivity index (χ4n) is 4.88. The number of anilines is 2. The number of piperidine rings is 1. The molecule has 2 N–H and O–H groups in total. The number of rotatable bonds is 8. The van der Waals surface area contributed by atoms with Crippen LogP contribution in [0.15, 0.2) is 47.5 Å². The number of benzene rings is 2. The van der Waals surface area contributed by atoms with Crippen LogP contribution in [0.5, 0.6) is 5.75 Å². The van der Waals surface area contributed by atoms with Crippen molar-refractivity contribution in [2.45, 2.75) is 30.5 Å². The van der Waals surface area contributed by atoms with Gasteiger partial charge in [-0.25, -0.2) is 8.42 Å². The highest BCUT2D eigenvalue weighted by Crippen LogP contribution is 2.32. The smallest absolute Gasteiger partial charge is 0.406 e. The van der Waals surface area contributed by atoms with Gasteiger partial charge in [-0.05, 0) is 62.2 Å². The Balaban J connectivity index is 1.60. The van der Waals surface area contributed by atoms with Crippen LogP contribution in [-0.2, 0) is 16.4 Å². The number of hydrogen-bond donors (Lipinski definition) is 2. The van der Waals surface area contributed by atoms with Gasteiger partial charge in [0.2, 0.25) is 0 Å². The molecule has 0 unspecified atom stereocenters. The fraction of sp³-hybridized carbons (Fsp3) is 0.429. The van der Waals surface area contributed by atoms with Crippen molar-refractivity contribution in [3.05, 3.63) is 48.2 Å². The molecule has 4 rings (SSSR count). The predicted molar refractivity (Wildman–Crippen MR) is 148 cm³/mol. The highest BCUT2D eigenvalue weighted by atomic mass is 32.2. The van der Waals surface area contributed by atoms with Crippen LogP contribution in [0.2, 0.25) is 0 Å². The summed E-state index contributed by atoms with van der Waals surface area (Å²) in [6.45, 7) is 1.89. The number of hydrogen-bond acceptors (Lipinski definition) is 6. The van der Waals surface area contributed by atoms with Crippen molar-refractivity contribution in [2.24, 2.45) is 5.92 Å². The summed E-state index contributed by atoms with van der Waals surface area (Å²) in [7, 11) is 0.0474. The summed E-state index contributed by atoms with van der Waals surface area (Å²) in [6, 6.07) is 9.90. The van der Waals surface area contributed by atoms with Crippen LogP contribution in [-0.4, -0.2) is 65.8 Å². The number of halogens is 3. The van der Waals surface area contributed by atoms with Crippen LogP contribution in [0, 0.1) is 17.8 Å². The van der Waals surface area contributed by atoms with E-state index >= 15 is 0 Å². The van der Waals surface area contributed by atoms with Crippen molar-refractivity contribution in [3.63, 3.8) is 0 Å². The summed E-state index contributed by atoms with van der Waals surface area (Å²) in [6.07, 6.45) is 0.376. The molecule has 1 saturated heterocycles. The van der Waals surface area contributed by atoms with Crippen molar-refractivity contribution < 1.29 is 26.3 Å². The Hall–Kier alpha value is -3.36. The summed E-state index contributed by atoms with van der Waals surface area (Å²) >= 11 is 0. The monoisotopic (exact) mass is 562 g/mol. The van der Waals surface area contributed by atoms with Gasteiger partial charge in [0.25, 0.3) is 0 Å². The largest absolute Gasteiger partial charge is 0.495 e. The second-order valence-electron chi connectivity index (χ2n) is 9.85. The molecule has 1 aliphatic rings. The summed E-state index contributed by atoms with van der Waals surface area (Å²) in [5.41, 5.74) is 2.52. The van der Waals surface area contributed by atoms with Crippen molar-refractivity contribution >= 4 is 32.1 Å². The van der Waals surface area contributed by atoms with Crippen molar-refractivity contribution in [3.8, 4) is 17.6 Å². The molecular weight excluding hydrogens is 529 g/mol. The summed E-state index contributed by atoms with van der Waals surface area (Å²) in [5, 5.41) is 7.24. The molecule has 1 aromatic heterocycles. The Morgan fingerprint density at radius 3 is 2.59 bits per heavy atom. The van der Waals surface area contributed by atoms with Gasteiger partial charge in [0.05, 0.1) is 29.8 Å². The molecule has 39 heavy (non-hydrogen) atoms. The van der Waals surface area contributed by atoms with E-state index in [1.165, 1.54) is 30.0 Å². The average molecular weight is 563 g/mol. The van der Waals surface area contributed by atoms with Gasteiger partial charge < -0.3 is 24.8 Å². The first-order chi connectivity index (χ1) is 18.4. The van der Waals surface area contributed by atoms with Crippen LogP contribution in [0.3, 0.4) is 0 Å². The van der Waals surface area contributed by atoms with Crippen molar-refractivity contribution in [2.75, 3.05) is 56.8 Å².